The molecule has 2 aliphatic rings. The normalized spacial score (nSPS) is 43.9. The lowest BCUT2D eigenvalue weighted by Crippen LogP contribution is -2.58. The van der Waals surface area contributed by atoms with Gasteiger partial charge in [0.25, 0.3) is 0 Å². The Hall–Kier alpha value is -0.700. The van der Waals surface area contributed by atoms with Gasteiger partial charge in [-0.15, -0.1) is 0 Å². The lowest BCUT2D eigenvalue weighted by Gasteiger charge is -2.50. The first-order valence-corrected chi connectivity index (χ1v) is 7.13. The van der Waals surface area contributed by atoms with Gasteiger partial charge in [0, 0.05) is 12.3 Å². The molecule has 0 spiro atoms. The van der Waals surface area contributed by atoms with Crippen molar-refractivity contribution in [3.8, 4) is 0 Å². The van der Waals surface area contributed by atoms with Crippen molar-refractivity contribution >= 4 is 11.6 Å². The Balaban J connectivity index is 2.40. The van der Waals surface area contributed by atoms with Crippen LogP contribution < -0.4 is 0 Å². The Morgan fingerprint density at radius 3 is 2.67 bits per heavy atom. The molecule has 1 N–H and O–H groups in total. The summed E-state index contributed by atoms with van der Waals surface area (Å²) in [5.41, 5.74) is -1.78. The highest BCUT2D eigenvalue weighted by Gasteiger charge is 2.64. The number of ketones is 2. The minimum atomic E-state index is -1.09. The number of hydrogen-bond acceptors (Lipinski definition) is 3. The lowest BCUT2D eigenvalue weighted by molar-refractivity contribution is -0.169. The molecular weight excluding hydrogens is 228 g/mol. The third-order valence-electron chi connectivity index (χ3n) is 5.40. The number of aliphatic hydroxyl groups is 1. The molecule has 0 aliphatic heterocycles. The molecule has 0 aromatic carbocycles. The molecule has 2 fully saturated rings. The van der Waals surface area contributed by atoms with Crippen LogP contribution in [0.4, 0.5) is 0 Å². The summed E-state index contributed by atoms with van der Waals surface area (Å²) in [5.74, 6) is 0.0990. The topological polar surface area (TPSA) is 54.4 Å². The van der Waals surface area contributed by atoms with Crippen LogP contribution in [-0.4, -0.2) is 22.3 Å². The van der Waals surface area contributed by atoms with Gasteiger partial charge in [-0.2, -0.15) is 0 Å². The van der Waals surface area contributed by atoms with Crippen molar-refractivity contribution in [3.05, 3.63) is 0 Å². The summed E-state index contributed by atoms with van der Waals surface area (Å²) in [6.45, 7) is 5.54. The molecule has 0 bridgehead atoms. The molecule has 0 radical (unpaired) electrons. The van der Waals surface area contributed by atoms with Crippen molar-refractivity contribution in [3.63, 3.8) is 0 Å². The van der Waals surface area contributed by atoms with Gasteiger partial charge in [-0.05, 0) is 45.4 Å². The van der Waals surface area contributed by atoms with Gasteiger partial charge in [-0.3, -0.25) is 9.59 Å². The van der Waals surface area contributed by atoms with Crippen molar-refractivity contribution in [2.24, 2.45) is 17.3 Å². The quantitative estimate of drug-likeness (QED) is 0.839. The molecule has 0 aromatic heterocycles. The van der Waals surface area contributed by atoms with E-state index < -0.39 is 11.0 Å². The molecule has 0 amide bonds. The highest BCUT2D eigenvalue weighted by atomic mass is 16.3. The minimum absolute atomic E-state index is 0.0524. The first-order valence-electron chi connectivity index (χ1n) is 7.13. The van der Waals surface area contributed by atoms with Crippen molar-refractivity contribution in [1.29, 1.82) is 0 Å². The maximum absolute atomic E-state index is 12.1. The smallest absolute Gasteiger partial charge is 0.141 e. The Labute approximate surface area is 109 Å². The molecular formula is C15H24O3. The summed E-state index contributed by atoms with van der Waals surface area (Å²) in [6, 6.07) is 0. The maximum Gasteiger partial charge on any atom is 0.141 e. The average Bonchev–Trinajstić information content (AvgIpc) is 2.53. The molecule has 0 aromatic rings. The summed E-state index contributed by atoms with van der Waals surface area (Å²) in [5, 5.41) is 11.0. The molecule has 2 saturated carbocycles. The molecule has 0 saturated heterocycles. The van der Waals surface area contributed by atoms with Crippen molar-refractivity contribution in [1.82, 2.24) is 0 Å². The van der Waals surface area contributed by atoms with Crippen LogP contribution in [-0.2, 0) is 9.59 Å². The summed E-state index contributed by atoms with van der Waals surface area (Å²) in [6.07, 6.45) is 4.51. The SMILES string of the molecule is CCC[C@@H]1CC[C@]2(C)C(=O)CC[C@]2(O)[C@H]1C(C)=O. The summed E-state index contributed by atoms with van der Waals surface area (Å²) < 4.78 is 0. The molecule has 102 valence electrons. The van der Waals surface area contributed by atoms with E-state index >= 15 is 0 Å². The molecule has 2 aliphatic carbocycles. The van der Waals surface area contributed by atoms with E-state index in [-0.39, 0.29) is 23.4 Å². The van der Waals surface area contributed by atoms with Gasteiger partial charge in [0.1, 0.15) is 11.6 Å². The third-order valence-corrected chi connectivity index (χ3v) is 5.40. The van der Waals surface area contributed by atoms with Crippen LogP contribution in [0.2, 0.25) is 0 Å². The highest BCUT2D eigenvalue weighted by Crippen LogP contribution is 2.57. The Morgan fingerprint density at radius 1 is 1.44 bits per heavy atom. The van der Waals surface area contributed by atoms with E-state index in [1.165, 1.54) is 0 Å². The Bertz CT molecular complexity index is 376. The monoisotopic (exact) mass is 252 g/mol. The van der Waals surface area contributed by atoms with Crippen molar-refractivity contribution in [2.45, 2.75) is 64.9 Å². The standard InChI is InChI=1S/C15H24O3/c1-4-5-11-6-8-14(3)12(17)7-9-15(14,18)13(11)10(2)16/h11,13,18H,4-9H2,1-3H3/t11-,13+,14-,15+/m1/s1. The maximum atomic E-state index is 12.1. The largest absolute Gasteiger partial charge is 0.388 e. The van der Waals surface area contributed by atoms with Gasteiger partial charge in [0.05, 0.1) is 11.0 Å². The fourth-order valence-corrected chi connectivity index (χ4v) is 4.33. The average molecular weight is 252 g/mol. The van der Waals surface area contributed by atoms with Crippen LogP contribution in [0.3, 0.4) is 0 Å². The van der Waals surface area contributed by atoms with E-state index in [1.807, 2.05) is 6.92 Å². The second kappa shape index (κ2) is 4.44. The second-order valence-electron chi connectivity index (χ2n) is 6.36. The van der Waals surface area contributed by atoms with E-state index in [9.17, 15) is 14.7 Å². The zero-order valence-corrected chi connectivity index (χ0v) is 11.7. The molecule has 2 rings (SSSR count). The summed E-state index contributed by atoms with van der Waals surface area (Å²) in [7, 11) is 0. The number of carbonyl (C=O) groups excluding carboxylic acids is 2. The molecule has 3 heteroatoms. The molecule has 4 atom stereocenters. The van der Waals surface area contributed by atoms with Crippen molar-refractivity contribution in [2.75, 3.05) is 0 Å². The molecule has 3 nitrogen and oxygen atoms in total. The van der Waals surface area contributed by atoms with Gasteiger partial charge in [-0.1, -0.05) is 13.3 Å². The van der Waals surface area contributed by atoms with Crippen LogP contribution in [0.25, 0.3) is 0 Å². The van der Waals surface area contributed by atoms with E-state index in [0.29, 0.717) is 12.8 Å². The van der Waals surface area contributed by atoms with Crippen LogP contribution in [0.5, 0.6) is 0 Å². The Kier molecular flexibility index (Phi) is 3.39. The predicted molar refractivity (Wildman–Crippen MR) is 69.1 cm³/mol. The number of hydrogen-bond donors (Lipinski definition) is 1. The summed E-state index contributed by atoms with van der Waals surface area (Å²) >= 11 is 0. The third kappa shape index (κ3) is 1.67. The van der Waals surface area contributed by atoms with Gasteiger partial charge >= 0.3 is 0 Å². The van der Waals surface area contributed by atoms with E-state index in [4.69, 9.17) is 0 Å². The minimum Gasteiger partial charge on any atom is -0.388 e. The Morgan fingerprint density at radius 2 is 2.11 bits per heavy atom. The van der Waals surface area contributed by atoms with Gasteiger partial charge in [0.15, 0.2) is 0 Å². The lowest BCUT2D eigenvalue weighted by atomic mass is 9.55. The van der Waals surface area contributed by atoms with Gasteiger partial charge < -0.3 is 5.11 Å². The van der Waals surface area contributed by atoms with Gasteiger partial charge in [0.2, 0.25) is 0 Å². The first-order chi connectivity index (χ1) is 8.37. The van der Waals surface area contributed by atoms with Gasteiger partial charge in [-0.25, -0.2) is 0 Å². The van der Waals surface area contributed by atoms with Crippen LogP contribution in [0.1, 0.15) is 59.3 Å². The fourth-order valence-electron chi connectivity index (χ4n) is 4.33. The van der Waals surface area contributed by atoms with Crippen molar-refractivity contribution < 1.29 is 14.7 Å². The molecule has 0 heterocycles. The van der Waals surface area contributed by atoms with E-state index in [0.717, 1.165) is 25.7 Å². The van der Waals surface area contributed by atoms with Crippen LogP contribution >= 0.6 is 0 Å². The zero-order valence-electron chi connectivity index (χ0n) is 11.7. The highest BCUT2D eigenvalue weighted by molar-refractivity contribution is 5.91. The number of Topliss-reactive ketones (excluding diaryl/α,β-unsaturated/α-hetero) is 2. The number of carbonyl (C=O) groups is 2. The molecule has 18 heavy (non-hydrogen) atoms. The predicted octanol–water partition coefficient (Wildman–Crippen LogP) is 2.50. The second-order valence-corrected chi connectivity index (χ2v) is 6.36. The molecule has 0 unspecified atom stereocenters. The zero-order chi connectivity index (χ0) is 13.6. The van der Waals surface area contributed by atoms with E-state index in [2.05, 4.69) is 6.92 Å². The summed E-state index contributed by atoms with van der Waals surface area (Å²) in [4.78, 5) is 24.1. The fraction of sp³-hybridized carbons (Fsp3) is 0.867. The first kappa shape index (κ1) is 13.7. The number of rotatable bonds is 3. The van der Waals surface area contributed by atoms with E-state index in [1.54, 1.807) is 6.92 Å². The number of fused-ring (bicyclic) bond motifs is 1. The van der Waals surface area contributed by atoms with Crippen LogP contribution in [0.15, 0.2) is 0 Å². The van der Waals surface area contributed by atoms with Crippen LogP contribution in [0, 0.1) is 17.3 Å².